The summed E-state index contributed by atoms with van der Waals surface area (Å²) in [5, 5.41) is 0. The lowest BCUT2D eigenvalue weighted by Crippen LogP contribution is -2.50. The lowest BCUT2D eigenvalue weighted by Gasteiger charge is -2.42. The summed E-state index contributed by atoms with van der Waals surface area (Å²) in [6.45, 7) is 2.06. The summed E-state index contributed by atoms with van der Waals surface area (Å²) < 4.78 is 28.4. The number of aryl methyl sites for hydroxylation is 1. The van der Waals surface area contributed by atoms with Gasteiger partial charge >= 0.3 is 0 Å². The van der Waals surface area contributed by atoms with E-state index >= 15 is 0 Å². The van der Waals surface area contributed by atoms with Gasteiger partial charge < -0.3 is 0 Å². The van der Waals surface area contributed by atoms with E-state index in [1.54, 1.807) is 12.1 Å². The fraction of sp³-hybridized carbons (Fsp3) is 0.333. The molecule has 2 aromatic rings. The van der Waals surface area contributed by atoms with Gasteiger partial charge in [0.05, 0.1) is 10.4 Å². The minimum atomic E-state index is -3.50. The van der Waals surface area contributed by atoms with Crippen LogP contribution in [-0.2, 0) is 22.0 Å². The first kappa shape index (κ1) is 15.3. The molecule has 0 spiro atoms. The highest BCUT2D eigenvalue weighted by atomic mass is 32.2. The molecule has 0 aromatic heterocycles. The molecule has 0 amide bonds. The van der Waals surface area contributed by atoms with Crippen LogP contribution < -0.4 is 4.72 Å². The predicted octanol–water partition coefficient (Wildman–Crippen LogP) is 3.61. The first-order valence-electron chi connectivity index (χ1n) is 7.74. The second kappa shape index (κ2) is 5.86. The van der Waals surface area contributed by atoms with Crippen molar-refractivity contribution < 1.29 is 8.42 Å². The highest BCUT2D eigenvalue weighted by Crippen LogP contribution is 2.42. The van der Waals surface area contributed by atoms with E-state index in [0.29, 0.717) is 4.90 Å². The summed E-state index contributed by atoms with van der Waals surface area (Å²) in [4.78, 5) is 0.340. The van der Waals surface area contributed by atoms with E-state index in [1.807, 2.05) is 42.5 Å². The predicted molar refractivity (Wildman–Crippen MR) is 88.1 cm³/mol. The molecule has 1 N–H and O–H groups in total. The maximum atomic E-state index is 12.7. The molecule has 1 aliphatic rings. The topological polar surface area (TPSA) is 46.2 Å². The van der Waals surface area contributed by atoms with Crippen LogP contribution in [-0.4, -0.2) is 8.42 Å². The standard InChI is InChI=1S/C18H21NO2S/c1-2-15-9-11-17(12-10-15)22(20,21)19-18(13-6-14-18)16-7-4-3-5-8-16/h3-5,7-12,19H,2,6,13-14H2,1H3. The summed E-state index contributed by atoms with van der Waals surface area (Å²) in [6, 6.07) is 17.0. The van der Waals surface area contributed by atoms with Gasteiger partial charge in [-0.15, -0.1) is 0 Å². The number of sulfonamides is 1. The largest absolute Gasteiger partial charge is 0.241 e. The van der Waals surface area contributed by atoms with Crippen molar-refractivity contribution in [3.63, 3.8) is 0 Å². The van der Waals surface area contributed by atoms with Crippen LogP contribution in [0, 0.1) is 0 Å². The van der Waals surface area contributed by atoms with Crippen LogP contribution in [0.2, 0.25) is 0 Å². The van der Waals surface area contributed by atoms with E-state index < -0.39 is 15.6 Å². The van der Waals surface area contributed by atoms with Gasteiger partial charge in [-0.2, -0.15) is 0 Å². The van der Waals surface area contributed by atoms with E-state index in [4.69, 9.17) is 0 Å². The van der Waals surface area contributed by atoms with E-state index in [2.05, 4.69) is 11.6 Å². The van der Waals surface area contributed by atoms with Crippen molar-refractivity contribution in [2.24, 2.45) is 0 Å². The molecular weight excluding hydrogens is 294 g/mol. The molecule has 0 aliphatic heterocycles. The second-order valence-corrected chi connectivity index (χ2v) is 7.59. The molecule has 0 atom stereocenters. The Kier molecular flexibility index (Phi) is 4.06. The first-order chi connectivity index (χ1) is 10.6. The summed E-state index contributed by atoms with van der Waals surface area (Å²) in [7, 11) is -3.50. The molecule has 0 heterocycles. The smallest absolute Gasteiger partial charge is 0.207 e. The Morgan fingerprint density at radius 1 is 1.00 bits per heavy atom. The van der Waals surface area contributed by atoms with Crippen LogP contribution in [0.25, 0.3) is 0 Å². The Hall–Kier alpha value is -1.65. The van der Waals surface area contributed by atoms with Crippen molar-refractivity contribution in [3.8, 4) is 0 Å². The van der Waals surface area contributed by atoms with Gasteiger partial charge in [-0.25, -0.2) is 13.1 Å². The van der Waals surface area contributed by atoms with Gasteiger partial charge in [-0.05, 0) is 48.9 Å². The van der Waals surface area contributed by atoms with Gasteiger partial charge in [-0.3, -0.25) is 0 Å². The van der Waals surface area contributed by atoms with Crippen molar-refractivity contribution in [2.45, 2.75) is 43.0 Å². The summed E-state index contributed by atoms with van der Waals surface area (Å²) in [5.41, 5.74) is 1.75. The summed E-state index contributed by atoms with van der Waals surface area (Å²) in [5.74, 6) is 0. The SMILES string of the molecule is CCc1ccc(S(=O)(=O)NC2(c3ccccc3)CCC2)cc1. The Morgan fingerprint density at radius 3 is 2.14 bits per heavy atom. The average molecular weight is 315 g/mol. The molecule has 1 fully saturated rings. The molecule has 1 saturated carbocycles. The third-order valence-corrected chi connectivity index (χ3v) is 6.06. The fourth-order valence-electron chi connectivity index (χ4n) is 2.96. The normalized spacial score (nSPS) is 17.0. The van der Waals surface area contributed by atoms with Gasteiger partial charge in [-0.1, -0.05) is 49.4 Å². The molecule has 0 radical (unpaired) electrons. The number of benzene rings is 2. The van der Waals surface area contributed by atoms with Gasteiger partial charge in [0.15, 0.2) is 0 Å². The zero-order valence-electron chi connectivity index (χ0n) is 12.7. The number of rotatable bonds is 5. The molecule has 4 heteroatoms. The number of hydrogen-bond acceptors (Lipinski definition) is 2. The molecule has 116 valence electrons. The van der Waals surface area contributed by atoms with Crippen LogP contribution in [0.3, 0.4) is 0 Å². The molecule has 0 unspecified atom stereocenters. The molecule has 1 aliphatic carbocycles. The zero-order chi connectivity index (χ0) is 15.6. The van der Waals surface area contributed by atoms with Gasteiger partial charge in [0.1, 0.15) is 0 Å². The summed E-state index contributed by atoms with van der Waals surface area (Å²) in [6.07, 6.45) is 3.65. The molecule has 0 bridgehead atoms. The molecular formula is C18H21NO2S. The average Bonchev–Trinajstić information content (AvgIpc) is 2.52. The quantitative estimate of drug-likeness (QED) is 0.916. The minimum Gasteiger partial charge on any atom is -0.207 e. The highest BCUT2D eigenvalue weighted by molar-refractivity contribution is 7.89. The molecule has 22 heavy (non-hydrogen) atoms. The first-order valence-corrected chi connectivity index (χ1v) is 9.22. The maximum Gasteiger partial charge on any atom is 0.241 e. The van der Waals surface area contributed by atoms with E-state index in [0.717, 1.165) is 36.8 Å². The monoisotopic (exact) mass is 315 g/mol. The zero-order valence-corrected chi connectivity index (χ0v) is 13.6. The Balaban J connectivity index is 1.89. The van der Waals surface area contributed by atoms with Crippen LogP contribution in [0.15, 0.2) is 59.5 Å². The lowest BCUT2D eigenvalue weighted by molar-refractivity contribution is 0.224. The Labute approximate surface area is 132 Å². The van der Waals surface area contributed by atoms with Crippen LogP contribution in [0.5, 0.6) is 0 Å². The number of nitrogens with one attached hydrogen (secondary N) is 1. The highest BCUT2D eigenvalue weighted by Gasteiger charge is 2.42. The molecule has 2 aromatic carbocycles. The van der Waals surface area contributed by atoms with Crippen molar-refractivity contribution in [3.05, 3.63) is 65.7 Å². The third kappa shape index (κ3) is 2.81. The van der Waals surface area contributed by atoms with Gasteiger partial charge in [0.25, 0.3) is 0 Å². The molecule has 3 rings (SSSR count). The minimum absolute atomic E-state index is 0.340. The van der Waals surface area contributed by atoms with Gasteiger partial charge in [0, 0.05) is 0 Å². The van der Waals surface area contributed by atoms with Crippen LogP contribution >= 0.6 is 0 Å². The number of hydrogen-bond donors (Lipinski definition) is 1. The Morgan fingerprint density at radius 2 is 1.64 bits per heavy atom. The van der Waals surface area contributed by atoms with Crippen molar-refractivity contribution in [1.29, 1.82) is 0 Å². The lowest BCUT2D eigenvalue weighted by atomic mass is 9.73. The Bertz CT molecular complexity index is 732. The second-order valence-electron chi connectivity index (χ2n) is 5.90. The van der Waals surface area contributed by atoms with Crippen molar-refractivity contribution >= 4 is 10.0 Å². The van der Waals surface area contributed by atoms with Crippen molar-refractivity contribution in [1.82, 2.24) is 4.72 Å². The molecule has 3 nitrogen and oxygen atoms in total. The van der Waals surface area contributed by atoms with E-state index in [-0.39, 0.29) is 0 Å². The van der Waals surface area contributed by atoms with Gasteiger partial charge in [0.2, 0.25) is 10.0 Å². The van der Waals surface area contributed by atoms with Crippen molar-refractivity contribution in [2.75, 3.05) is 0 Å². The van der Waals surface area contributed by atoms with Crippen LogP contribution in [0.4, 0.5) is 0 Å². The third-order valence-electron chi connectivity index (χ3n) is 4.51. The molecule has 0 saturated heterocycles. The van der Waals surface area contributed by atoms with E-state index in [9.17, 15) is 8.42 Å². The fourth-order valence-corrected chi connectivity index (χ4v) is 4.41. The van der Waals surface area contributed by atoms with E-state index in [1.165, 1.54) is 0 Å². The van der Waals surface area contributed by atoms with Crippen LogP contribution in [0.1, 0.15) is 37.3 Å². The maximum absolute atomic E-state index is 12.7. The summed E-state index contributed by atoms with van der Waals surface area (Å²) >= 11 is 0.